The first-order chi connectivity index (χ1) is 18.5. The summed E-state index contributed by atoms with van der Waals surface area (Å²) in [7, 11) is 0. The molecule has 6 rings (SSSR count). The zero-order valence-corrected chi connectivity index (χ0v) is 21.0. The van der Waals surface area contributed by atoms with E-state index in [1.165, 1.54) is 17.2 Å². The van der Waals surface area contributed by atoms with E-state index in [1.807, 2.05) is 18.2 Å². The monoisotopic (exact) mass is 515 g/mol. The molecular weight excluding hydrogens is 485 g/mol. The number of nitrogens with one attached hydrogen (secondary N) is 1. The number of primary amides is 1. The van der Waals surface area contributed by atoms with Crippen molar-refractivity contribution in [3.05, 3.63) is 72.3 Å². The van der Waals surface area contributed by atoms with Gasteiger partial charge >= 0.3 is 0 Å². The Morgan fingerprint density at radius 1 is 1.13 bits per heavy atom. The molecule has 3 N–H and O–H groups in total. The van der Waals surface area contributed by atoms with Crippen LogP contribution in [0.15, 0.2) is 60.9 Å². The highest BCUT2D eigenvalue weighted by Crippen LogP contribution is 2.27. The maximum absolute atomic E-state index is 14.9. The van der Waals surface area contributed by atoms with Gasteiger partial charge in [0, 0.05) is 62.3 Å². The number of hydrogen-bond donors (Lipinski definition) is 2. The number of carbonyl (C=O) groups is 1. The lowest BCUT2D eigenvalue weighted by Gasteiger charge is -2.37. The van der Waals surface area contributed by atoms with E-state index in [1.54, 1.807) is 18.2 Å². The van der Waals surface area contributed by atoms with Gasteiger partial charge in [-0.2, -0.15) is 4.98 Å². The zero-order chi connectivity index (χ0) is 26.1. The van der Waals surface area contributed by atoms with Gasteiger partial charge in [-0.25, -0.2) is 9.37 Å². The maximum atomic E-state index is 14.9. The van der Waals surface area contributed by atoms with E-state index in [0.29, 0.717) is 22.6 Å². The molecule has 10 heteroatoms. The predicted octanol–water partition coefficient (Wildman–Crippen LogP) is 3.70. The first kappa shape index (κ1) is 24.3. The number of nitrogens with zero attached hydrogens (tertiary/aromatic N) is 5. The van der Waals surface area contributed by atoms with Crippen LogP contribution in [0.1, 0.15) is 23.2 Å². The smallest absolute Gasteiger partial charge is 0.250 e. The van der Waals surface area contributed by atoms with Gasteiger partial charge in [0.05, 0.1) is 23.4 Å². The van der Waals surface area contributed by atoms with Crippen molar-refractivity contribution in [2.24, 2.45) is 5.73 Å². The van der Waals surface area contributed by atoms with Crippen LogP contribution >= 0.6 is 0 Å². The number of rotatable bonds is 7. The molecule has 4 aromatic rings. The van der Waals surface area contributed by atoms with E-state index >= 15 is 0 Å². The average Bonchev–Trinajstić information content (AvgIpc) is 3.59. The van der Waals surface area contributed by atoms with Crippen LogP contribution in [-0.2, 0) is 4.74 Å². The van der Waals surface area contributed by atoms with Crippen molar-refractivity contribution >= 4 is 34.1 Å². The SMILES string of the molecule is NC(=O)c1cn(-c2nc(Nc3cccc(N4CCN(CC5CCCO5)CC4)c3)ncc2F)c2ccccc12. The van der Waals surface area contributed by atoms with Crippen molar-refractivity contribution in [3.63, 3.8) is 0 Å². The molecule has 0 radical (unpaired) electrons. The van der Waals surface area contributed by atoms with Crippen molar-refractivity contribution in [3.8, 4) is 5.82 Å². The van der Waals surface area contributed by atoms with Crippen LogP contribution in [-0.4, -0.2) is 70.8 Å². The summed E-state index contributed by atoms with van der Waals surface area (Å²) in [6.07, 6.45) is 5.34. The fourth-order valence-corrected chi connectivity index (χ4v) is 5.31. The van der Waals surface area contributed by atoms with Gasteiger partial charge in [-0.15, -0.1) is 0 Å². The lowest BCUT2D eigenvalue weighted by atomic mass is 10.2. The minimum absolute atomic E-state index is 0.0321. The van der Waals surface area contributed by atoms with Gasteiger partial charge in [-0.05, 0) is 37.1 Å². The first-order valence-corrected chi connectivity index (χ1v) is 12.9. The highest BCUT2D eigenvalue weighted by molar-refractivity contribution is 6.06. The number of amides is 1. The fourth-order valence-electron chi connectivity index (χ4n) is 5.31. The average molecular weight is 516 g/mol. The van der Waals surface area contributed by atoms with Gasteiger partial charge in [-0.1, -0.05) is 24.3 Å². The van der Waals surface area contributed by atoms with Gasteiger partial charge in [0.25, 0.3) is 5.91 Å². The minimum atomic E-state index is -0.609. The topological polar surface area (TPSA) is 102 Å². The van der Waals surface area contributed by atoms with Crippen molar-refractivity contribution < 1.29 is 13.9 Å². The van der Waals surface area contributed by atoms with Crippen LogP contribution in [0.2, 0.25) is 0 Å². The lowest BCUT2D eigenvalue weighted by Crippen LogP contribution is -2.48. The fraction of sp³-hybridized carbons (Fsp3) is 0.321. The van der Waals surface area contributed by atoms with Gasteiger partial charge < -0.3 is 20.7 Å². The quantitative estimate of drug-likeness (QED) is 0.387. The molecular formula is C28H30FN7O2. The molecule has 196 valence electrons. The van der Waals surface area contributed by atoms with Crippen LogP contribution in [0, 0.1) is 5.82 Å². The van der Waals surface area contributed by atoms with Crippen LogP contribution in [0.3, 0.4) is 0 Å². The molecule has 9 nitrogen and oxygen atoms in total. The molecule has 2 aliphatic rings. The highest BCUT2D eigenvalue weighted by Gasteiger charge is 2.23. The molecule has 38 heavy (non-hydrogen) atoms. The number of piperazine rings is 1. The van der Waals surface area contributed by atoms with Crippen LogP contribution in [0.5, 0.6) is 0 Å². The van der Waals surface area contributed by atoms with E-state index < -0.39 is 11.7 Å². The van der Waals surface area contributed by atoms with E-state index in [2.05, 4.69) is 37.2 Å². The Morgan fingerprint density at radius 2 is 1.97 bits per heavy atom. The predicted molar refractivity (Wildman–Crippen MR) is 145 cm³/mol. The van der Waals surface area contributed by atoms with Crippen LogP contribution < -0.4 is 16.0 Å². The largest absolute Gasteiger partial charge is 0.377 e. The second kappa shape index (κ2) is 10.4. The molecule has 2 fully saturated rings. The van der Waals surface area contributed by atoms with Crippen molar-refractivity contribution in [2.45, 2.75) is 18.9 Å². The number of benzene rings is 2. The Morgan fingerprint density at radius 3 is 2.76 bits per heavy atom. The van der Waals surface area contributed by atoms with Crippen LogP contribution in [0.25, 0.3) is 16.7 Å². The second-order valence-corrected chi connectivity index (χ2v) is 9.76. The van der Waals surface area contributed by atoms with Gasteiger partial charge in [0.15, 0.2) is 11.6 Å². The van der Waals surface area contributed by atoms with Crippen molar-refractivity contribution in [1.82, 2.24) is 19.4 Å². The maximum Gasteiger partial charge on any atom is 0.250 e. The molecule has 4 heterocycles. The number of anilines is 3. The van der Waals surface area contributed by atoms with Crippen molar-refractivity contribution in [2.75, 3.05) is 49.5 Å². The first-order valence-electron chi connectivity index (χ1n) is 12.9. The third-order valence-corrected chi connectivity index (χ3v) is 7.26. The number of hydrogen-bond acceptors (Lipinski definition) is 7. The Labute approximate surface area is 220 Å². The summed E-state index contributed by atoms with van der Waals surface area (Å²) in [4.78, 5) is 25.4. The molecule has 0 aliphatic carbocycles. The van der Waals surface area contributed by atoms with Crippen LogP contribution in [0.4, 0.5) is 21.7 Å². The normalized spacial score (nSPS) is 18.2. The second-order valence-electron chi connectivity index (χ2n) is 9.76. The zero-order valence-electron chi connectivity index (χ0n) is 21.0. The number of ether oxygens (including phenoxy) is 1. The number of para-hydroxylation sites is 1. The summed E-state index contributed by atoms with van der Waals surface area (Å²) in [5.74, 6) is -0.915. The van der Waals surface area contributed by atoms with E-state index in [-0.39, 0.29) is 11.8 Å². The number of fused-ring (bicyclic) bond motifs is 1. The highest BCUT2D eigenvalue weighted by atomic mass is 19.1. The molecule has 2 aliphatic heterocycles. The molecule has 1 amide bonds. The number of carbonyl (C=O) groups excluding carboxylic acids is 1. The number of nitrogens with two attached hydrogens (primary N) is 1. The third kappa shape index (κ3) is 4.92. The van der Waals surface area contributed by atoms with Crippen molar-refractivity contribution in [1.29, 1.82) is 0 Å². The van der Waals surface area contributed by atoms with Gasteiger partial charge in [0.2, 0.25) is 5.95 Å². The molecule has 0 spiro atoms. The number of halogens is 1. The Kier molecular flexibility index (Phi) is 6.65. The van der Waals surface area contributed by atoms with Gasteiger partial charge in [-0.3, -0.25) is 14.3 Å². The minimum Gasteiger partial charge on any atom is -0.377 e. The molecule has 0 bridgehead atoms. The summed E-state index contributed by atoms with van der Waals surface area (Å²) in [5, 5.41) is 3.84. The molecule has 1 atom stereocenters. The van der Waals surface area contributed by atoms with E-state index in [9.17, 15) is 9.18 Å². The summed E-state index contributed by atoms with van der Waals surface area (Å²) in [6, 6.07) is 15.3. The van der Waals surface area contributed by atoms with E-state index in [4.69, 9.17) is 10.5 Å². The van der Waals surface area contributed by atoms with Gasteiger partial charge in [0.1, 0.15) is 0 Å². The molecule has 2 saturated heterocycles. The Bertz CT molecular complexity index is 1460. The molecule has 2 aromatic carbocycles. The Hall–Kier alpha value is -4.02. The molecule has 1 unspecified atom stereocenters. The summed E-state index contributed by atoms with van der Waals surface area (Å²) in [6.45, 7) is 5.78. The molecule has 2 aromatic heterocycles. The molecule has 0 saturated carbocycles. The van der Waals surface area contributed by atoms with E-state index in [0.717, 1.165) is 63.3 Å². The number of aromatic nitrogens is 3. The third-order valence-electron chi connectivity index (χ3n) is 7.26. The summed E-state index contributed by atoms with van der Waals surface area (Å²) in [5.41, 5.74) is 8.40. The lowest BCUT2D eigenvalue weighted by molar-refractivity contribution is 0.0713. The standard InChI is InChI=1S/C28H30FN7O2/c29-24-16-31-28(33-27(24)36-18-23(26(30)37)22-8-1-2-9-25(22)36)32-19-5-3-6-20(15-19)35-12-10-34(11-13-35)17-21-7-4-14-38-21/h1-3,5-6,8-9,15-16,18,21H,4,7,10-14,17H2,(H2,30,37)(H,31,32,33). The summed E-state index contributed by atoms with van der Waals surface area (Å²) < 4.78 is 22.2. The Balaban J connectivity index is 1.19. The summed E-state index contributed by atoms with van der Waals surface area (Å²) >= 11 is 0.